The Morgan fingerprint density at radius 2 is 1.43 bits per heavy atom. The summed E-state index contributed by atoms with van der Waals surface area (Å²) < 4.78 is 71.0. The number of halogens is 5. The minimum atomic E-state index is -2.22. The van der Waals surface area contributed by atoms with Gasteiger partial charge in [-0.1, -0.05) is 0 Å². The van der Waals surface area contributed by atoms with Crippen LogP contribution in [0, 0.1) is 29.1 Å². The van der Waals surface area contributed by atoms with E-state index in [4.69, 9.17) is 10.5 Å². The van der Waals surface area contributed by atoms with Crippen molar-refractivity contribution in [2.24, 2.45) is 0 Å². The van der Waals surface area contributed by atoms with E-state index in [1.165, 1.54) is 25.3 Å². The lowest BCUT2D eigenvalue weighted by atomic mass is 10.2. The summed E-state index contributed by atoms with van der Waals surface area (Å²) in [7, 11) is 1.31. The van der Waals surface area contributed by atoms with Gasteiger partial charge >= 0.3 is 0 Å². The molecule has 8 heteroatoms. The number of ether oxygens (including phenoxy) is 1. The van der Waals surface area contributed by atoms with Gasteiger partial charge in [-0.3, -0.25) is 0 Å². The molecule has 0 spiro atoms. The van der Waals surface area contributed by atoms with E-state index in [1.54, 1.807) is 0 Å². The predicted octanol–water partition coefficient (Wildman–Crippen LogP) is 3.72. The van der Waals surface area contributed by atoms with Crippen molar-refractivity contribution in [2.45, 2.75) is 0 Å². The summed E-state index contributed by atoms with van der Waals surface area (Å²) in [6.45, 7) is 0. The van der Waals surface area contributed by atoms with Gasteiger partial charge in [0.25, 0.3) is 0 Å². The van der Waals surface area contributed by atoms with Gasteiger partial charge in [-0.25, -0.2) is 22.0 Å². The Balaban J connectivity index is 2.50. The van der Waals surface area contributed by atoms with E-state index in [-0.39, 0.29) is 17.1 Å². The summed E-state index contributed by atoms with van der Waals surface area (Å²) in [5.74, 6) is -10.0. The molecule has 0 bridgehead atoms. The lowest BCUT2D eigenvalue weighted by molar-refractivity contribution is 0.382. The van der Waals surface area contributed by atoms with Crippen LogP contribution in [0.25, 0.3) is 0 Å². The first-order valence-electron chi connectivity index (χ1n) is 5.58. The van der Waals surface area contributed by atoms with Crippen LogP contribution in [0.5, 0.6) is 5.75 Å². The van der Waals surface area contributed by atoms with Gasteiger partial charge in [0.05, 0.1) is 12.8 Å². The molecule has 0 aliphatic carbocycles. The summed E-state index contributed by atoms with van der Waals surface area (Å²) >= 11 is 0. The number of nitrogens with two attached hydrogens (primary N) is 1. The molecule has 3 N–H and O–H groups in total. The zero-order valence-corrected chi connectivity index (χ0v) is 10.6. The standard InChI is InChI=1S/C13H9F5N2O/c1-21-7-4-5(2-3-6(7)19)20-13-11(17)9(15)8(14)10(16)12(13)18/h2-4,20H,19H2,1H3. The van der Waals surface area contributed by atoms with E-state index >= 15 is 0 Å². The molecule has 0 aliphatic heterocycles. The van der Waals surface area contributed by atoms with Crippen molar-refractivity contribution in [3.05, 3.63) is 47.3 Å². The normalized spacial score (nSPS) is 10.6. The van der Waals surface area contributed by atoms with E-state index in [0.717, 1.165) is 0 Å². The maximum atomic E-state index is 13.5. The molecule has 0 saturated carbocycles. The van der Waals surface area contributed by atoms with Crippen LogP contribution in [0.15, 0.2) is 18.2 Å². The largest absolute Gasteiger partial charge is 0.495 e. The molecular formula is C13H9F5N2O. The van der Waals surface area contributed by atoms with Crippen LogP contribution >= 0.6 is 0 Å². The molecule has 3 nitrogen and oxygen atoms in total. The SMILES string of the molecule is COc1cc(Nc2c(F)c(F)c(F)c(F)c2F)ccc1N. The molecule has 0 unspecified atom stereocenters. The third-order valence-corrected chi connectivity index (χ3v) is 2.71. The number of rotatable bonds is 3. The highest BCUT2D eigenvalue weighted by molar-refractivity contribution is 5.67. The molecule has 0 fully saturated rings. The number of nitrogen functional groups attached to an aromatic ring is 1. The highest BCUT2D eigenvalue weighted by Gasteiger charge is 2.25. The van der Waals surface area contributed by atoms with Crippen molar-refractivity contribution >= 4 is 17.1 Å². The van der Waals surface area contributed by atoms with Crippen LogP contribution in [-0.2, 0) is 0 Å². The molecule has 2 rings (SSSR count). The van der Waals surface area contributed by atoms with E-state index < -0.39 is 34.8 Å². The topological polar surface area (TPSA) is 47.3 Å². The predicted molar refractivity (Wildman–Crippen MR) is 66.9 cm³/mol. The average Bonchev–Trinajstić information content (AvgIpc) is 2.49. The Morgan fingerprint density at radius 1 is 0.905 bits per heavy atom. The Kier molecular flexibility index (Phi) is 3.88. The zero-order chi connectivity index (χ0) is 15.7. The van der Waals surface area contributed by atoms with Gasteiger partial charge in [-0.2, -0.15) is 0 Å². The Hall–Kier alpha value is -2.51. The van der Waals surface area contributed by atoms with Crippen molar-refractivity contribution < 1.29 is 26.7 Å². The third kappa shape index (κ3) is 2.56. The molecule has 2 aromatic rings. The lowest BCUT2D eigenvalue weighted by Crippen LogP contribution is -2.07. The molecule has 0 aromatic heterocycles. The van der Waals surface area contributed by atoms with Crippen LogP contribution in [0.2, 0.25) is 0 Å². The van der Waals surface area contributed by atoms with Gasteiger partial charge in [-0.05, 0) is 12.1 Å². The molecule has 0 radical (unpaired) electrons. The van der Waals surface area contributed by atoms with E-state index in [2.05, 4.69) is 5.32 Å². The first-order chi connectivity index (χ1) is 9.86. The first-order valence-corrected chi connectivity index (χ1v) is 5.58. The van der Waals surface area contributed by atoms with Crippen molar-refractivity contribution in [3.8, 4) is 5.75 Å². The second-order valence-electron chi connectivity index (χ2n) is 4.03. The second kappa shape index (κ2) is 5.47. The molecule has 0 aliphatic rings. The number of benzene rings is 2. The molecule has 0 saturated heterocycles. The van der Waals surface area contributed by atoms with Crippen LogP contribution in [0.3, 0.4) is 0 Å². The summed E-state index contributed by atoms with van der Waals surface area (Å²) in [6, 6.07) is 3.91. The molecule has 0 heterocycles. The summed E-state index contributed by atoms with van der Waals surface area (Å²) in [5.41, 5.74) is 4.69. The van der Waals surface area contributed by atoms with E-state index in [9.17, 15) is 22.0 Å². The highest BCUT2D eigenvalue weighted by Crippen LogP contribution is 2.32. The summed E-state index contributed by atoms with van der Waals surface area (Å²) in [6.07, 6.45) is 0. The monoisotopic (exact) mass is 304 g/mol. The number of anilines is 3. The zero-order valence-electron chi connectivity index (χ0n) is 10.6. The summed E-state index contributed by atoms with van der Waals surface area (Å²) in [4.78, 5) is 0. The summed E-state index contributed by atoms with van der Waals surface area (Å²) in [5, 5.41) is 2.12. The smallest absolute Gasteiger partial charge is 0.200 e. The van der Waals surface area contributed by atoms with Gasteiger partial charge in [0.2, 0.25) is 5.82 Å². The first kappa shape index (κ1) is 14.9. The van der Waals surface area contributed by atoms with E-state index in [1.807, 2.05) is 0 Å². The maximum Gasteiger partial charge on any atom is 0.200 e. The maximum absolute atomic E-state index is 13.5. The molecule has 21 heavy (non-hydrogen) atoms. The molecule has 0 amide bonds. The fraction of sp³-hybridized carbons (Fsp3) is 0.0769. The van der Waals surface area contributed by atoms with Crippen LogP contribution in [-0.4, -0.2) is 7.11 Å². The minimum absolute atomic E-state index is 0.0456. The number of hydrogen-bond donors (Lipinski definition) is 2. The quantitative estimate of drug-likeness (QED) is 0.393. The van der Waals surface area contributed by atoms with Crippen LogP contribution in [0.1, 0.15) is 0 Å². The van der Waals surface area contributed by atoms with Crippen LogP contribution < -0.4 is 15.8 Å². The van der Waals surface area contributed by atoms with Crippen LogP contribution in [0.4, 0.5) is 39.0 Å². The Labute approximate surface area is 116 Å². The highest BCUT2D eigenvalue weighted by atomic mass is 19.2. The van der Waals surface area contributed by atoms with Gasteiger partial charge in [0.1, 0.15) is 11.4 Å². The fourth-order valence-corrected chi connectivity index (χ4v) is 1.65. The minimum Gasteiger partial charge on any atom is -0.495 e. The number of hydrogen-bond acceptors (Lipinski definition) is 3. The Bertz CT molecular complexity index is 676. The molecule has 112 valence electrons. The van der Waals surface area contributed by atoms with E-state index in [0.29, 0.717) is 0 Å². The van der Waals surface area contributed by atoms with Gasteiger partial charge < -0.3 is 15.8 Å². The van der Waals surface area contributed by atoms with Crippen molar-refractivity contribution in [1.82, 2.24) is 0 Å². The number of nitrogens with one attached hydrogen (secondary N) is 1. The fourth-order valence-electron chi connectivity index (χ4n) is 1.65. The van der Waals surface area contributed by atoms with Crippen molar-refractivity contribution in [3.63, 3.8) is 0 Å². The average molecular weight is 304 g/mol. The second-order valence-corrected chi connectivity index (χ2v) is 4.03. The molecule has 0 atom stereocenters. The Morgan fingerprint density at radius 3 is 1.95 bits per heavy atom. The third-order valence-electron chi connectivity index (χ3n) is 2.71. The van der Waals surface area contributed by atoms with Gasteiger partial charge in [0, 0.05) is 11.8 Å². The number of methoxy groups -OCH3 is 1. The van der Waals surface area contributed by atoms with Crippen molar-refractivity contribution in [2.75, 3.05) is 18.2 Å². The van der Waals surface area contributed by atoms with Gasteiger partial charge in [0.15, 0.2) is 23.3 Å². The molecular weight excluding hydrogens is 295 g/mol. The van der Waals surface area contributed by atoms with Crippen molar-refractivity contribution in [1.29, 1.82) is 0 Å². The molecule has 2 aromatic carbocycles. The lowest BCUT2D eigenvalue weighted by Gasteiger charge is -2.12. The van der Waals surface area contributed by atoms with Gasteiger partial charge in [-0.15, -0.1) is 0 Å².